The summed E-state index contributed by atoms with van der Waals surface area (Å²) in [6, 6.07) is 0. The molecule has 1 saturated carbocycles. The fraction of sp³-hybridized carbons (Fsp3) is 0.882. The first-order valence-corrected chi connectivity index (χ1v) is 8.38. The molecule has 4 heteroatoms. The third kappa shape index (κ3) is 3.85. The van der Waals surface area contributed by atoms with Crippen LogP contribution in [-0.2, 0) is 14.3 Å². The Morgan fingerprint density at radius 1 is 1.14 bits per heavy atom. The summed E-state index contributed by atoms with van der Waals surface area (Å²) in [5.74, 6) is 1.20. The Bertz CT molecular complexity index is 391. The fourth-order valence-corrected chi connectivity index (χ4v) is 3.65. The van der Waals surface area contributed by atoms with E-state index in [9.17, 15) is 9.59 Å². The quantitative estimate of drug-likeness (QED) is 0.578. The number of ether oxygens (including phenoxy) is 1. The van der Waals surface area contributed by atoms with E-state index in [0.29, 0.717) is 13.2 Å². The van der Waals surface area contributed by atoms with Crippen molar-refractivity contribution in [2.45, 2.75) is 52.9 Å². The number of hydrogen-bond donors (Lipinski definition) is 0. The number of rotatable bonds is 5. The first kappa shape index (κ1) is 16.5. The molecule has 1 heterocycles. The van der Waals surface area contributed by atoms with Crippen LogP contribution in [0.15, 0.2) is 0 Å². The van der Waals surface area contributed by atoms with Crippen LogP contribution in [0.5, 0.6) is 0 Å². The summed E-state index contributed by atoms with van der Waals surface area (Å²) in [5.41, 5.74) is -1.03. The predicted octanol–water partition coefficient (Wildman–Crippen LogP) is 2.66. The Morgan fingerprint density at radius 3 is 2.48 bits per heavy atom. The average Bonchev–Trinajstić information content (AvgIpc) is 2.47. The number of esters is 1. The second-order valence-electron chi connectivity index (χ2n) is 7.10. The van der Waals surface area contributed by atoms with Crippen molar-refractivity contribution in [3.63, 3.8) is 0 Å². The summed E-state index contributed by atoms with van der Waals surface area (Å²) >= 11 is 0. The van der Waals surface area contributed by atoms with Crippen molar-refractivity contribution >= 4 is 11.8 Å². The van der Waals surface area contributed by atoms with Gasteiger partial charge in [-0.25, -0.2) is 0 Å². The topological polar surface area (TPSA) is 46.6 Å². The highest BCUT2D eigenvalue weighted by Gasteiger charge is 2.39. The van der Waals surface area contributed by atoms with Gasteiger partial charge in [-0.15, -0.1) is 0 Å². The van der Waals surface area contributed by atoms with Crippen LogP contribution in [0.3, 0.4) is 0 Å². The van der Waals surface area contributed by atoms with Gasteiger partial charge in [0, 0.05) is 6.54 Å². The Balaban J connectivity index is 1.89. The highest BCUT2D eigenvalue weighted by atomic mass is 16.5. The molecule has 2 rings (SSSR count). The molecule has 4 nitrogen and oxygen atoms in total. The number of carbonyl (C=O) groups excluding carboxylic acids is 2. The van der Waals surface area contributed by atoms with Crippen molar-refractivity contribution in [3.05, 3.63) is 0 Å². The third-order valence-corrected chi connectivity index (χ3v) is 5.23. The van der Waals surface area contributed by atoms with Crippen molar-refractivity contribution in [2.24, 2.45) is 17.3 Å². The lowest BCUT2D eigenvalue weighted by molar-refractivity contribution is -0.158. The minimum atomic E-state index is -1.03. The summed E-state index contributed by atoms with van der Waals surface area (Å²) in [6.45, 7) is 7.85. The van der Waals surface area contributed by atoms with Gasteiger partial charge in [0.25, 0.3) is 0 Å². The van der Waals surface area contributed by atoms with Crippen molar-refractivity contribution in [2.75, 3.05) is 26.2 Å². The highest BCUT2D eigenvalue weighted by Crippen LogP contribution is 2.36. The SMILES string of the molecule is CCOC(=O)C(C)(C)C(=O)CN1CCC2CCCCC2C1. The first-order valence-electron chi connectivity index (χ1n) is 8.38. The standard InChI is InChI=1S/C17H29NO3/c1-4-21-16(20)17(2,3)15(19)12-18-10-9-13-7-5-6-8-14(13)11-18/h13-14H,4-12H2,1-3H3. The average molecular weight is 295 g/mol. The number of fused-ring (bicyclic) bond motifs is 1. The van der Waals surface area contributed by atoms with Gasteiger partial charge in [0.15, 0.2) is 5.78 Å². The van der Waals surface area contributed by atoms with Crippen LogP contribution in [0.25, 0.3) is 0 Å². The molecule has 2 unspecified atom stereocenters. The molecule has 0 aromatic carbocycles. The van der Waals surface area contributed by atoms with Crippen LogP contribution < -0.4 is 0 Å². The molecule has 0 amide bonds. The maximum Gasteiger partial charge on any atom is 0.319 e. The molecule has 1 saturated heterocycles. The lowest BCUT2D eigenvalue weighted by Crippen LogP contribution is -2.47. The second kappa shape index (κ2) is 6.91. The number of nitrogens with zero attached hydrogens (tertiary/aromatic N) is 1. The van der Waals surface area contributed by atoms with Crippen molar-refractivity contribution in [3.8, 4) is 0 Å². The number of Topliss-reactive ketones (excluding diaryl/α,β-unsaturated/α-hetero) is 1. The summed E-state index contributed by atoms with van der Waals surface area (Å²) in [6.07, 6.45) is 6.57. The van der Waals surface area contributed by atoms with Gasteiger partial charge in [-0.2, -0.15) is 0 Å². The molecule has 0 spiro atoms. The summed E-state index contributed by atoms with van der Waals surface area (Å²) in [4.78, 5) is 26.6. The molecule has 0 N–H and O–H groups in total. The van der Waals surface area contributed by atoms with E-state index in [0.717, 1.165) is 24.9 Å². The van der Waals surface area contributed by atoms with Gasteiger partial charge in [0.2, 0.25) is 0 Å². The monoisotopic (exact) mass is 295 g/mol. The van der Waals surface area contributed by atoms with Gasteiger partial charge < -0.3 is 4.74 Å². The lowest BCUT2D eigenvalue weighted by atomic mass is 9.75. The normalized spacial score (nSPS) is 27.0. The summed E-state index contributed by atoms with van der Waals surface area (Å²) < 4.78 is 5.02. The first-order chi connectivity index (χ1) is 9.95. The molecular formula is C17H29NO3. The summed E-state index contributed by atoms with van der Waals surface area (Å²) in [7, 11) is 0. The van der Waals surface area contributed by atoms with Crippen LogP contribution in [0.1, 0.15) is 52.9 Å². The Kier molecular flexibility index (Phi) is 5.42. The smallest absolute Gasteiger partial charge is 0.319 e. The molecule has 0 bridgehead atoms. The van der Waals surface area contributed by atoms with E-state index >= 15 is 0 Å². The van der Waals surface area contributed by atoms with E-state index in [1.807, 2.05) is 0 Å². The third-order valence-electron chi connectivity index (χ3n) is 5.23. The van der Waals surface area contributed by atoms with Crippen molar-refractivity contribution in [1.82, 2.24) is 4.90 Å². The number of ketones is 1. The lowest BCUT2D eigenvalue weighted by Gasteiger charge is -2.41. The largest absolute Gasteiger partial charge is 0.465 e. The molecule has 2 atom stereocenters. The molecule has 21 heavy (non-hydrogen) atoms. The highest BCUT2D eigenvalue weighted by molar-refractivity contribution is 6.03. The van der Waals surface area contributed by atoms with Crippen LogP contribution in [0.4, 0.5) is 0 Å². The Hall–Kier alpha value is -0.900. The van der Waals surface area contributed by atoms with Crippen LogP contribution in [0.2, 0.25) is 0 Å². The van der Waals surface area contributed by atoms with Crippen molar-refractivity contribution in [1.29, 1.82) is 0 Å². The number of piperidine rings is 1. The zero-order chi connectivity index (χ0) is 15.5. The minimum absolute atomic E-state index is 0.0183. The van der Waals surface area contributed by atoms with Gasteiger partial charge in [-0.3, -0.25) is 14.5 Å². The molecule has 0 aromatic rings. The fourth-order valence-electron chi connectivity index (χ4n) is 3.65. The van der Waals surface area contributed by atoms with Crippen molar-refractivity contribution < 1.29 is 14.3 Å². The van der Waals surface area contributed by atoms with E-state index in [4.69, 9.17) is 4.74 Å². The Labute approximate surface area is 128 Å². The maximum atomic E-state index is 12.5. The van der Waals surface area contributed by atoms with Crippen LogP contribution in [0, 0.1) is 17.3 Å². The van der Waals surface area contributed by atoms with Gasteiger partial charge >= 0.3 is 5.97 Å². The van der Waals surface area contributed by atoms with Crippen LogP contribution >= 0.6 is 0 Å². The van der Waals surface area contributed by atoms with E-state index in [-0.39, 0.29) is 5.78 Å². The zero-order valence-corrected chi connectivity index (χ0v) is 13.7. The molecule has 1 aliphatic heterocycles. The predicted molar refractivity (Wildman–Crippen MR) is 81.9 cm³/mol. The van der Waals surface area contributed by atoms with E-state index in [2.05, 4.69) is 4.90 Å². The van der Waals surface area contributed by atoms with Gasteiger partial charge in [0.1, 0.15) is 5.41 Å². The molecular weight excluding hydrogens is 266 g/mol. The molecule has 0 radical (unpaired) electrons. The van der Waals surface area contributed by atoms with E-state index in [1.165, 1.54) is 32.1 Å². The number of hydrogen-bond acceptors (Lipinski definition) is 4. The summed E-state index contributed by atoms with van der Waals surface area (Å²) in [5, 5.41) is 0. The van der Waals surface area contributed by atoms with Gasteiger partial charge in [-0.05, 0) is 52.0 Å². The Morgan fingerprint density at radius 2 is 1.81 bits per heavy atom. The molecule has 120 valence electrons. The van der Waals surface area contributed by atoms with Gasteiger partial charge in [0.05, 0.1) is 13.2 Å². The minimum Gasteiger partial charge on any atom is -0.465 e. The molecule has 0 aromatic heterocycles. The zero-order valence-electron chi connectivity index (χ0n) is 13.7. The van der Waals surface area contributed by atoms with Crippen LogP contribution in [-0.4, -0.2) is 42.9 Å². The second-order valence-corrected chi connectivity index (χ2v) is 7.10. The van der Waals surface area contributed by atoms with E-state index in [1.54, 1.807) is 20.8 Å². The molecule has 2 aliphatic rings. The van der Waals surface area contributed by atoms with Gasteiger partial charge in [-0.1, -0.05) is 19.3 Å². The molecule has 1 aliphatic carbocycles. The van der Waals surface area contributed by atoms with E-state index < -0.39 is 11.4 Å². The maximum absolute atomic E-state index is 12.5. The number of carbonyl (C=O) groups is 2. The molecule has 2 fully saturated rings. The number of likely N-dealkylation sites (tertiary alicyclic amines) is 1.